The van der Waals surface area contributed by atoms with Crippen LogP contribution in [0.2, 0.25) is 0 Å². The fraction of sp³-hybridized carbons (Fsp3) is 0.556. The summed E-state index contributed by atoms with van der Waals surface area (Å²) in [6, 6.07) is 3.08. The second-order valence-corrected chi connectivity index (χ2v) is 7.29. The standard InChI is InChI=1S/C18H23N5O2/c24-18(22-14-7-11-1-2-13(14)21-11)15-8-12-16(10-25-17(12)9-20-15)23-5-3-19-4-6-23/h8-11,13-14,19,21H,1-7H2,(H,22,24)/t11-,13+,14-/m1/s1. The number of amides is 1. The van der Waals surface area contributed by atoms with E-state index in [9.17, 15) is 4.79 Å². The van der Waals surface area contributed by atoms with E-state index in [4.69, 9.17) is 4.42 Å². The fourth-order valence-electron chi connectivity index (χ4n) is 4.42. The number of carbonyl (C=O) groups is 1. The molecule has 3 aliphatic rings. The Bertz CT molecular complexity index is 798. The molecule has 3 aliphatic heterocycles. The van der Waals surface area contributed by atoms with Crippen LogP contribution >= 0.6 is 0 Å². The van der Waals surface area contributed by atoms with E-state index >= 15 is 0 Å². The van der Waals surface area contributed by atoms with E-state index in [0.717, 1.165) is 55.7 Å². The first-order valence-corrected chi connectivity index (χ1v) is 9.18. The Morgan fingerprint density at radius 3 is 2.96 bits per heavy atom. The highest BCUT2D eigenvalue weighted by Gasteiger charge is 2.39. The molecule has 0 saturated carbocycles. The third-order valence-electron chi connectivity index (χ3n) is 5.75. The minimum absolute atomic E-state index is 0.0892. The molecule has 2 bridgehead atoms. The van der Waals surface area contributed by atoms with E-state index in [1.807, 2.05) is 6.07 Å². The summed E-state index contributed by atoms with van der Waals surface area (Å²) in [4.78, 5) is 19.3. The Hall–Kier alpha value is -2.12. The summed E-state index contributed by atoms with van der Waals surface area (Å²) in [7, 11) is 0. The van der Waals surface area contributed by atoms with Gasteiger partial charge < -0.3 is 25.3 Å². The zero-order valence-corrected chi connectivity index (χ0v) is 14.1. The SMILES string of the molecule is O=C(N[C@@H]1C[C@H]2CC[C@@H]1N2)c1cc2c(N3CCNCC3)coc2cn1. The van der Waals surface area contributed by atoms with E-state index in [1.54, 1.807) is 12.5 Å². The lowest BCUT2D eigenvalue weighted by molar-refractivity contribution is 0.0926. The van der Waals surface area contributed by atoms with Crippen LogP contribution in [0.1, 0.15) is 29.8 Å². The van der Waals surface area contributed by atoms with Crippen LogP contribution in [0.5, 0.6) is 0 Å². The highest BCUT2D eigenvalue weighted by Crippen LogP contribution is 2.30. The van der Waals surface area contributed by atoms with Crippen molar-refractivity contribution in [3.05, 3.63) is 24.2 Å². The number of nitrogens with one attached hydrogen (secondary N) is 3. The molecule has 3 fully saturated rings. The van der Waals surface area contributed by atoms with Gasteiger partial charge in [0.2, 0.25) is 0 Å². The van der Waals surface area contributed by atoms with Crippen LogP contribution in [0, 0.1) is 0 Å². The van der Waals surface area contributed by atoms with Crippen molar-refractivity contribution < 1.29 is 9.21 Å². The molecular formula is C18H23N5O2. The maximum absolute atomic E-state index is 12.7. The lowest BCUT2D eigenvalue weighted by Gasteiger charge is -2.28. The number of anilines is 1. The molecule has 0 radical (unpaired) electrons. The van der Waals surface area contributed by atoms with Crippen LogP contribution in [0.4, 0.5) is 5.69 Å². The molecule has 2 aromatic heterocycles. The van der Waals surface area contributed by atoms with Gasteiger partial charge in [-0.3, -0.25) is 4.79 Å². The topological polar surface area (TPSA) is 82.4 Å². The number of hydrogen-bond acceptors (Lipinski definition) is 6. The average molecular weight is 341 g/mol. The second kappa shape index (κ2) is 6.00. The summed E-state index contributed by atoms with van der Waals surface area (Å²) in [5, 5.41) is 11.0. The molecule has 3 atom stereocenters. The minimum atomic E-state index is -0.0892. The van der Waals surface area contributed by atoms with E-state index in [0.29, 0.717) is 17.8 Å². The van der Waals surface area contributed by atoms with Crippen molar-refractivity contribution in [1.82, 2.24) is 20.9 Å². The number of nitrogens with zero attached hydrogens (tertiary/aromatic N) is 2. The second-order valence-electron chi connectivity index (χ2n) is 7.29. The van der Waals surface area contributed by atoms with E-state index < -0.39 is 0 Å². The summed E-state index contributed by atoms with van der Waals surface area (Å²) >= 11 is 0. The Balaban J connectivity index is 1.38. The molecule has 3 N–H and O–H groups in total. The molecule has 25 heavy (non-hydrogen) atoms. The zero-order valence-electron chi connectivity index (χ0n) is 14.1. The van der Waals surface area contributed by atoms with Gasteiger partial charge in [-0.05, 0) is 25.3 Å². The van der Waals surface area contributed by atoms with Crippen molar-refractivity contribution >= 4 is 22.6 Å². The maximum Gasteiger partial charge on any atom is 0.270 e. The van der Waals surface area contributed by atoms with Gasteiger partial charge in [0.25, 0.3) is 5.91 Å². The number of furan rings is 1. The van der Waals surface area contributed by atoms with Gasteiger partial charge in [0, 0.05) is 49.7 Å². The van der Waals surface area contributed by atoms with Gasteiger partial charge in [-0.1, -0.05) is 0 Å². The Morgan fingerprint density at radius 1 is 1.32 bits per heavy atom. The summed E-state index contributed by atoms with van der Waals surface area (Å²) in [5.41, 5.74) is 2.24. The Labute approximate surface area is 146 Å². The van der Waals surface area contributed by atoms with Crippen molar-refractivity contribution in [3.63, 3.8) is 0 Å². The van der Waals surface area contributed by atoms with Gasteiger partial charge in [0.05, 0.1) is 11.9 Å². The maximum atomic E-state index is 12.7. The van der Waals surface area contributed by atoms with Crippen molar-refractivity contribution in [2.45, 2.75) is 37.4 Å². The highest BCUT2D eigenvalue weighted by molar-refractivity contribution is 5.99. The van der Waals surface area contributed by atoms with Crippen molar-refractivity contribution in [3.8, 4) is 0 Å². The molecule has 5 rings (SSSR count). The first kappa shape index (κ1) is 15.2. The third-order valence-corrected chi connectivity index (χ3v) is 5.75. The summed E-state index contributed by atoms with van der Waals surface area (Å²) < 4.78 is 5.64. The van der Waals surface area contributed by atoms with E-state index in [2.05, 4.69) is 25.8 Å². The molecule has 0 aromatic carbocycles. The van der Waals surface area contributed by atoms with Crippen LogP contribution in [-0.2, 0) is 0 Å². The number of aromatic nitrogens is 1. The molecule has 7 heteroatoms. The average Bonchev–Trinajstić information content (AvgIpc) is 3.37. The van der Waals surface area contributed by atoms with Gasteiger partial charge in [0.1, 0.15) is 12.0 Å². The molecule has 3 saturated heterocycles. The molecule has 7 nitrogen and oxygen atoms in total. The van der Waals surface area contributed by atoms with Gasteiger partial charge in [0.15, 0.2) is 5.58 Å². The Morgan fingerprint density at radius 2 is 2.20 bits per heavy atom. The van der Waals surface area contributed by atoms with Crippen LogP contribution < -0.4 is 20.9 Å². The highest BCUT2D eigenvalue weighted by atomic mass is 16.3. The molecule has 0 unspecified atom stereocenters. The molecule has 5 heterocycles. The number of pyridine rings is 1. The van der Waals surface area contributed by atoms with Gasteiger partial charge >= 0.3 is 0 Å². The van der Waals surface area contributed by atoms with Gasteiger partial charge in [-0.2, -0.15) is 0 Å². The van der Waals surface area contributed by atoms with Gasteiger partial charge in [-0.15, -0.1) is 0 Å². The fourth-order valence-corrected chi connectivity index (χ4v) is 4.42. The predicted octanol–water partition coefficient (Wildman–Crippen LogP) is 0.860. The number of fused-ring (bicyclic) bond motifs is 3. The van der Waals surface area contributed by atoms with Crippen LogP contribution in [0.25, 0.3) is 11.0 Å². The number of carbonyl (C=O) groups excluding carboxylic acids is 1. The minimum Gasteiger partial charge on any atom is -0.460 e. The van der Waals surface area contributed by atoms with Crippen molar-refractivity contribution in [1.29, 1.82) is 0 Å². The van der Waals surface area contributed by atoms with Crippen LogP contribution in [0.3, 0.4) is 0 Å². The predicted molar refractivity (Wildman–Crippen MR) is 94.9 cm³/mol. The lowest BCUT2D eigenvalue weighted by Crippen LogP contribution is -2.43. The van der Waals surface area contributed by atoms with E-state index in [-0.39, 0.29) is 11.9 Å². The lowest BCUT2D eigenvalue weighted by atomic mass is 9.95. The van der Waals surface area contributed by atoms with Crippen LogP contribution in [-0.4, -0.2) is 55.2 Å². The smallest absolute Gasteiger partial charge is 0.270 e. The zero-order chi connectivity index (χ0) is 16.8. The first-order chi connectivity index (χ1) is 12.3. The summed E-state index contributed by atoms with van der Waals surface area (Å²) in [5.74, 6) is -0.0892. The first-order valence-electron chi connectivity index (χ1n) is 9.18. The van der Waals surface area contributed by atoms with Crippen LogP contribution in [0.15, 0.2) is 22.9 Å². The number of hydrogen-bond donors (Lipinski definition) is 3. The monoisotopic (exact) mass is 341 g/mol. The molecular weight excluding hydrogens is 318 g/mol. The van der Waals surface area contributed by atoms with Gasteiger partial charge in [-0.25, -0.2) is 4.98 Å². The van der Waals surface area contributed by atoms with E-state index in [1.165, 1.54) is 6.42 Å². The summed E-state index contributed by atoms with van der Waals surface area (Å²) in [6.07, 6.45) is 6.84. The Kier molecular flexibility index (Phi) is 3.64. The largest absolute Gasteiger partial charge is 0.460 e. The van der Waals surface area contributed by atoms with Crippen molar-refractivity contribution in [2.75, 3.05) is 31.1 Å². The van der Waals surface area contributed by atoms with Crippen molar-refractivity contribution in [2.24, 2.45) is 0 Å². The molecule has 1 amide bonds. The molecule has 0 spiro atoms. The number of rotatable bonds is 3. The molecule has 132 valence electrons. The summed E-state index contributed by atoms with van der Waals surface area (Å²) in [6.45, 7) is 3.80. The number of piperazine rings is 1. The molecule has 2 aromatic rings. The third kappa shape index (κ3) is 2.67. The molecule has 0 aliphatic carbocycles. The normalized spacial score (nSPS) is 28.6. The quantitative estimate of drug-likeness (QED) is 0.768.